The summed E-state index contributed by atoms with van der Waals surface area (Å²) in [6.45, 7) is 3.71. The number of amides is 1. The Kier molecular flexibility index (Phi) is 6.64. The number of rotatable bonds is 7. The molecule has 0 aliphatic heterocycles. The lowest BCUT2D eigenvalue weighted by Gasteiger charge is -2.13. The van der Waals surface area contributed by atoms with E-state index in [9.17, 15) is 9.59 Å². The molecule has 204 valence electrons. The number of hydrogen-bond donors (Lipinski definition) is 2. The van der Waals surface area contributed by atoms with Crippen LogP contribution in [0.1, 0.15) is 30.2 Å². The van der Waals surface area contributed by atoms with Crippen LogP contribution >= 0.6 is 0 Å². The quantitative estimate of drug-likeness (QED) is 0.242. The first-order chi connectivity index (χ1) is 19.9. The fourth-order valence-corrected chi connectivity index (χ4v) is 4.73. The van der Waals surface area contributed by atoms with Gasteiger partial charge in [-0.3, -0.25) is 14.3 Å². The van der Waals surface area contributed by atoms with E-state index in [-0.39, 0.29) is 28.9 Å². The number of nitrogens with one attached hydrogen (secondary N) is 2. The molecule has 0 aliphatic carbocycles. The maximum atomic E-state index is 15.2. The predicted octanol–water partition coefficient (Wildman–Crippen LogP) is 6.34. The van der Waals surface area contributed by atoms with E-state index in [4.69, 9.17) is 4.74 Å². The van der Waals surface area contributed by atoms with Crippen LogP contribution in [-0.4, -0.2) is 30.2 Å². The largest absolute Gasteiger partial charge is 0.452 e. The summed E-state index contributed by atoms with van der Waals surface area (Å²) < 4.78 is 24.3. The molecule has 0 aliphatic rings. The second-order valence-corrected chi connectivity index (χ2v) is 9.62. The van der Waals surface area contributed by atoms with Gasteiger partial charge in [0, 0.05) is 35.6 Å². The number of ether oxygens (including phenoxy) is 1. The molecule has 0 unspecified atom stereocenters. The van der Waals surface area contributed by atoms with Crippen molar-refractivity contribution in [3.8, 4) is 28.4 Å². The third kappa shape index (κ3) is 4.87. The molecule has 6 rings (SSSR count). The van der Waals surface area contributed by atoms with Crippen LogP contribution in [0, 0.1) is 5.82 Å². The zero-order chi connectivity index (χ0) is 28.5. The molecule has 0 fully saturated rings. The van der Waals surface area contributed by atoms with Gasteiger partial charge in [-0.25, -0.2) is 18.9 Å². The lowest BCUT2D eigenvalue weighted by atomic mass is 10.1. The maximum Gasteiger partial charge on any atom is 0.328 e. The zero-order valence-electron chi connectivity index (χ0n) is 22.2. The summed E-state index contributed by atoms with van der Waals surface area (Å²) in [5.74, 6) is -0.923. The molecule has 3 heterocycles. The Morgan fingerprint density at radius 3 is 2.41 bits per heavy atom. The normalized spacial score (nSPS) is 11.2. The molecule has 0 bridgehead atoms. The first kappa shape index (κ1) is 25.8. The highest BCUT2D eigenvalue weighted by Crippen LogP contribution is 2.32. The molecule has 10 heteroatoms. The van der Waals surface area contributed by atoms with Gasteiger partial charge in [0.1, 0.15) is 5.52 Å². The molecule has 2 N–H and O–H groups in total. The lowest BCUT2D eigenvalue weighted by Crippen LogP contribution is -2.18. The molecule has 0 atom stereocenters. The van der Waals surface area contributed by atoms with E-state index >= 15 is 4.39 Å². The second-order valence-electron chi connectivity index (χ2n) is 9.62. The maximum absolute atomic E-state index is 15.2. The average Bonchev–Trinajstić information content (AvgIpc) is 3.57. The molecule has 1 amide bonds. The van der Waals surface area contributed by atoms with E-state index in [1.54, 1.807) is 16.8 Å². The van der Waals surface area contributed by atoms with Gasteiger partial charge in [0.25, 0.3) is 5.91 Å². The van der Waals surface area contributed by atoms with Gasteiger partial charge in [0.2, 0.25) is 0 Å². The topological polar surface area (TPSA) is 107 Å². The Morgan fingerprint density at radius 2 is 1.71 bits per heavy atom. The fourth-order valence-electron chi connectivity index (χ4n) is 4.73. The summed E-state index contributed by atoms with van der Waals surface area (Å²) in [6, 6.07) is 24.5. The highest BCUT2D eigenvalue weighted by molar-refractivity contribution is 6.08. The first-order valence-corrected chi connectivity index (χ1v) is 13.0. The van der Waals surface area contributed by atoms with Crippen molar-refractivity contribution in [3.05, 3.63) is 119 Å². The highest BCUT2D eigenvalue weighted by atomic mass is 19.1. The van der Waals surface area contributed by atoms with Crippen molar-refractivity contribution in [2.24, 2.45) is 0 Å². The van der Waals surface area contributed by atoms with Crippen molar-refractivity contribution in [1.29, 1.82) is 0 Å². The molecule has 9 nitrogen and oxygen atoms in total. The van der Waals surface area contributed by atoms with Gasteiger partial charge in [0.05, 0.1) is 23.1 Å². The number of carbonyl (C=O) groups is 1. The van der Waals surface area contributed by atoms with E-state index in [1.807, 2.05) is 74.5 Å². The Morgan fingerprint density at radius 1 is 0.976 bits per heavy atom. The summed E-state index contributed by atoms with van der Waals surface area (Å²) in [4.78, 5) is 32.7. The summed E-state index contributed by atoms with van der Waals surface area (Å²) >= 11 is 0. The number of pyridine rings is 1. The molecule has 0 saturated heterocycles. The Balaban J connectivity index is 1.30. The number of anilines is 1. The van der Waals surface area contributed by atoms with Crippen molar-refractivity contribution >= 4 is 22.8 Å². The van der Waals surface area contributed by atoms with Crippen LogP contribution < -0.4 is 15.7 Å². The molecule has 0 saturated carbocycles. The minimum atomic E-state index is -0.690. The van der Waals surface area contributed by atoms with Crippen molar-refractivity contribution in [3.63, 3.8) is 0 Å². The van der Waals surface area contributed by atoms with E-state index in [0.29, 0.717) is 22.4 Å². The number of fused-ring (bicyclic) bond motifs is 1. The van der Waals surface area contributed by atoms with Gasteiger partial charge in [0.15, 0.2) is 23.0 Å². The summed E-state index contributed by atoms with van der Waals surface area (Å²) in [6.07, 6.45) is 2.98. The van der Waals surface area contributed by atoms with E-state index < -0.39 is 11.7 Å². The minimum absolute atomic E-state index is 0.0682. The van der Waals surface area contributed by atoms with Gasteiger partial charge < -0.3 is 10.1 Å². The number of benzene rings is 3. The number of aromatic amines is 1. The number of carbonyl (C=O) groups excluding carboxylic acids is 1. The monoisotopic (exact) mass is 548 g/mol. The van der Waals surface area contributed by atoms with Crippen molar-refractivity contribution in [2.75, 3.05) is 5.32 Å². The standard InChI is InChI=1S/C31H25FN6O3/c1-19(2)37-28-26(15-16-33-29(28)36-31(37)40)41-25-14-13-21(17-24(25)32)35-30(39)23-18-34-38(22-11-7-4-8-12-22)27(23)20-9-5-3-6-10-20/h3-19H,1-2H3,(H,35,39)(H,33,36,40). The second kappa shape index (κ2) is 10.6. The van der Waals surface area contributed by atoms with Crippen molar-refractivity contribution in [1.82, 2.24) is 24.3 Å². The van der Waals surface area contributed by atoms with Crippen LogP contribution in [0.3, 0.4) is 0 Å². The number of H-pyrrole nitrogens is 1. The summed E-state index contributed by atoms with van der Waals surface area (Å²) in [7, 11) is 0. The molecule has 0 spiro atoms. The van der Waals surface area contributed by atoms with Crippen LogP contribution in [0.15, 0.2) is 102 Å². The molecule has 3 aromatic heterocycles. The predicted molar refractivity (Wildman–Crippen MR) is 154 cm³/mol. The Labute approximate surface area is 233 Å². The van der Waals surface area contributed by atoms with Crippen LogP contribution in [0.25, 0.3) is 28.1 Å². The van der Waals surface area contributed by atoms with Crippen molar-refractivity contribution in [2.45, 2.75) is 19.9 Å². The lowest BCUT2D eigenvalue weighted by molar-refractivity contribution is 0.102. The highest BCUT2D eigenvalue weighted by Gasteiger charge is 2.21. The molecular formula is C31H25FN6O3. The van der Waals surface area contributed by atoms with Gasteiger partial charge in [-0.05, 0) is 38.1 Å². The SMILES string of the molecule is CC(C)n1c(=O)[nH]c2nccc(Oc3ccc(NC(=O)c4cnn(-c5ccccc5)c4-c4ccccc4)cc3F)c21. The summed E-state index contributed by atoms with van der Waals surface area (Å²) in [5, 5.41) is 7.25. The van der Waals surface area contributed by atoms with Crippen molar-refractivity contribution < 1.29 is 13.9 Å². The molecule has 3 aromatic carbocycles. The van der Waals surface area contributed by atoms with Crippen LogP contribution in [0.2, 0.25) is 0 Å². The van der Waals surface area contributed by atoms with Gasteiger partial charge in [-0.1, -0.05) is 48.5 Å². The Hall–Kier alpha value is -5.51. The van der Waals surface area contributed by atoms with Gasteiger partial charge >= 0.3 is 5.69 Å². The number of aromatic nitrogens is 5. The van der Waals surface area contributed by atoms with Crippen LogP contribution in [0.4, 0.5) is 10.1 Å². The fraction of sp³-hybridized carbons (Fsp3) is 0.0968. The third-order valence-electron chi connectivity index (χ3n) is 6.56. The summed E-state index contributed by atoms with van der Waals surface area (Å²) in [5.41, 5.74) is 3.24. The first-order valence-electron chi connectivity index (χ1n) is 13.0. The van der Waals surface area contributed by atoms with Gasteiger partial charge in [-0.15, -0.1) is 0 Å². The number of nitrogens with zero attached hydrogens (tertiary/aromatic N) is 4. The van der Waals surface area contributed by atoms with Gasteiger partial charge in [-0.2, -0.15) is 5.10 Å². The minimum Gasteiger partial charge on any atom is -0.452 e. The number of imidazole rings is 1. The number of hydrogen-bond acceptors (Lipinski definition) is 5. The van der Waals surface area contributed by atoms with E-state index in [2.05, 4.69) is 20.4 Å². The number of halogens is 1. The van der Waals surface area contributed by atoms with Crippen LogP contribution in [0.5, 0.6) is 11.5 Å². The van der Waals surface area contributed by atoms with E-state index in [1.165, 1.54) is 29.1 Å². The third-order valence-corrected chi connectivity index (χ3v) is 6.56. The molecule has 0 radical (unpaired) electrons. The smallest absolute Gasteiger partial charge is 0.328 e. The van der Waals surface area contributed by atoms with Crippen LogP contribution in [-0.2, 0) is 0 Å². The molecular weight excluding hydrogens is 523 g/mol. The molecule has 6 aromatic rings. The number of para-hydroxylation sites is 1. The average molecular weight is 549 g/mol. The Bertz CT molecular complexity index is 1930. The molecule has 41 heavy (non-hydrogen) atoms. The zero-order valence-corrected chi connectivity index (χ0v) is 22.2. The van der Waals surface area contributed by atoms with E-state index in [0.717, 1.165) is 11.3 Å².